The smallest absolute Gasteiger partial charge is 0.305 e. The minimum absolute atomic E-state index is 0.352. The van der Waals surface area contributed by atoms with Crippen LogP contribution in [0.1, 0.15) is 5.69 Å². The second kappa shape index (κ2) is 2.77. The number of nitrogens with zero attached hydrogens (tertiary/aromatic N) is 1. The maximum absolute atomic E-state index is 11.1. The fourth-order valence-corrected chi connectivity index (χ4v) is 2.31. The molecule has 1 aliphatic heterocycles. The van der Waals surface area contributed by atoms with Crippen molar-refractivity contribution in [1.82, 2.24) is 9.97 Å². The molecule has 12 heavy (non-hydrogen) atoms. The molecule has 0 aromatic carbocycles. The summed E-state index contributed by atoms with van der Waals surface area (Å²) in [5.74, 6) is 0. The molecular formula is C6H4IN3O2. The van der Waals surface area contributed by atoms with E-state index in [1.54, 1.807) is 6.08 Å². The zero-order valence-electron chi connectivity index (χ0n) is 5.80. The van der Waals surface area contributed by atoms with E-state index in [0.717, 1.165) is 0 Å². The van der Waals surface area contributed by atoms with Crippen molar-refractivity contribution in [2.75, 3.05) is 0 Å². The first-order valence-electron chi connectivity index (χ1n) is 3.14. The Balaban J connectivity index is 2.89. The first kappa shape index (κ1) is 7.59. The van der Waals surface area contributed by atoms with Crippen molar-refractivity contribution in [3.05, 3.63) is 30.6 Å². The Kier molecular flexibility index (Phi) is 1.75. The van der Waals surface area contributed by atoms with E-state index in [2.05, 4.69) is 13.1 Å². The van der Waals surface area contributed by atoms with E-state index >= 15 is 0 Å². The van der Waals surface area contributed by atoms with E-state index < -0.39 is 32.3 Å². The van der Waals surface area contributed by atoms with Gasteiger partial charge in [-0.2, -0.15) is 0 Å². The summed E-state index contributed by atoms with van der Waals surface area (Å²) in [5, 5.41) is 0. The summed E-state index contributed by atoms with van der Waals surface area (Å²) >= 11 is -0.399. The molecule has 1 aromatic rings. The second-order valence-electron chi connectivity index (χ2n) is 2.15. The summed E-state index contributed by atoms with van der Waals surface area (Å²) in [5.41, 5.74) is -0.0314. The molecule has 2 rings (SSSR count). The molecule has 2 N–H and O–H groups in total. The summed E-state index contributed by atoms with van der Waals surface area (Å²) < 4.78 is 5.93. The van der Waals surface area contributed by atoms with E-state index in [0.29, 0.717) is 11.4 Å². The fourth-order valence-electron chi connectivity index (χ4n) is 0.870. The Labute approximate surface area is 76.7 Å². The van der Waals surface area contributed by atoms with E-state index in [1.807, 2.05) is 4.08 Å². The molecule has 2 heterocycles. The van der Waals surface area contributed by atoms with Crippen molar-refractivity contribution in [3.63, 3.8) is 0 Å². The number of hydrogen-bond acceptors (Lipinski definition) is 3. The van der Waals surface area contributed by atoms with Crippen LogP contribution in [-0.4, -0.2) is 9.97 Å². The van der Waals surface area contributed by atoms with Gasteiger partial charge in [0.1, 0.15) is 0 Å². The van der Waals surface area contributed by atoms with Crippen LogP contribution in [0.2, 0.25) is 0 Å². The number of aromatic nitrogens is 2. The molecule has 0 aliphatic carbocycles. The van der Waals surface area contributed by atoms with Crippen molar-refractivity contribution in [2.24, 2.45) is 3.15 Å². The second-order valence-corrected chi connectivity index (χ2v) is 3.90. The predicted octanol–water partition coefficient (Wildman–Crippen LogP) is 0.833. The van der Waals surface area contributed by atoms with Gasteiger partial charge in [0.15, 0.2) is 5.69 Å². The Hall–Kier alpha value is -1.05. The number of hydrogen-bond donors (Lipinski definition) is 2. The minimum atomic E-state index is -0.487. The lowest BCUT2D eigenvalue weighted by molar-refractivity contribution is 1.02. The SMILES string of the molecule is O=c1[nH]c2c(c(=O)[nH]1)N=IC=C2. The summed E-state index contributed by atoms with van der Waals surface area (Å²) in [6, 6.07) is 0. The molecular weight excluding hydrogens is 273 g/mol. The average molecular weight is 277 g/mol. The van der Waals surface area contributed by atoms with Gasteiger partial charge in [0.25, 0.3) is 5.56 Å². The molecule has 0 bridgehead atoms. The van der Waals surface area contributed by atoms with Gasteiger partial charge in [-0.3, -0.25) is 9.78 Å². The van der Waals surface area contributed by atoms with E-state index in [1.165, 1.54) is 0 Å². The molecule has 0 saturated heterocycles. The van der Waals surface area contributed by atoms with Gasteiger partial charge in [0.2, 0.25) is 0 Å². The Morgan fingerprint density at radius 1 is 1.33 bits per heavy atom. The molecule has 0 fully saturated rings. The molecule has 62 valence electrons. The molecule has 1 aromatic heterocycles. The van der Waals surface area contributed by atoms with Crippen molar-refractivity contribution < 1.29 is 0 Å². The third kappa shape index (κ3) is 1.17. The molecule has 0 atom stereocenters. The standard InChI is InChI=1S/C6H4IN3O2/c11-5-4-3(1-2-7-10-4)8-6(12)9-5/h1-2H,(H2,8,9,11,12). The van der Waals surface area contributed by atoms with Crippen molar-refractivity contribution in [1.29, 1.82) is 0 Å². The lowest BCUT2D eigenvalue weighted by Crippen LogP contribution is -2.22. The van der Waals surface area contributed by atoms with Crippen LogP contribution in [0.3, 0.4) is 0 Å². The van der Waals surface area contributed by atoms with Gasteiger partial charge >= 0.3 is 5.69 Å². The normalized spacial score (nSPS) is 13.7. The van der Waals surface area contributed by atoms with E-state index in [9.17, 15) is 9.59 Å². The van der Waals surface area contributed by atoms with E-state index in [4.69, 9.17) is 0 Å². The summed E-state index contributed by atoms with van der Waals surface area (Å²) in [4.78, 5) is 26.5. The monoisotopic (exact) mass is 277 g/mol. The molecule has 0 radical (unpaired) electrons. The van der Waals surface area contributed by atoms with Crippen molar-refractivity contribution in [2.45, 2.75) is 0 Å². The van der Waals surface area contributed by atoms with Crippen LogP contribution in [0.25, 0.3) is 6.08 Å². The van der Waals surface area contributed by atoms with Crippen LogP contribution >= 0.6 is 21.0 Å². The highest BCUT2D eigenvalue weighted by Crippen LogP contribution is 2.23. The van der Waals surface area contributed by atoms with Gasteiger partial charge in [-0.1, -0.05) is 0 Å². The van der Waals surface area contributed by atoms with Crippen LogP contribution in [0.15, 0.2) is 16.8 Å². The van der Waals surface area contributed by atoms with Crippen LogP contribution < -0.4 is 11.2 Å². The highest BCUT2D eigenvalue weighted by Gasteiger charge is 2.06. The van der Waals surface area contributed by atoms with Crippen LogP contribution in [0, 0.1) is 0 Å². The number of halogens is 1. The van der Waals surface area contributed by atoms with E-state index in [-0.39, 0.29) is 0 Å². The van der Waals surface area contributed by atoms with Crippen molar-refractivity contribution in [3.8, 4) is 0 Å². The Morgan fingerprint density at radius 2 is 2.17 bits per heavy atom. The molecule has 0 unspecified atom stereocenters. The number of fused-ring (bicyclic) bond motifs is 1. The fraction of sp³-hybridized carbons (Fsp3) is 0. The van der Waals surface area contributed by atoms with Crippen LogP contribution in [0.4, 0.5) is 5.69 Å². The van der Waals surface area contributed by atoms with Crippen molar-refractivity contribution >= 4 is 32.8 Å². The zero-order chi connectivity index (χ0) is 8.55. The summed E-state index contributed by atoms with van der Waals surface area (Å²) in [6.45, 7) is 0. The highest BCUT2D eigenvalue weighted by molar-refractivity contribution is 14.2. The molecule has 1 aliphatic rings. The Bertz CT molecular complexity index is 482. The third-order valence-corrected chi connectivity index (χ3v) is 2.81. The molecule has 5 nitrogen and oxygen atoms in total. The lowest BCUT2D eigenvalue weighted by Gasteiger charge is -1.99. The average Bonchev–Trinajstić information content (AvgIpc) is 2.04. The zero-order valence-corrected chi connectivity index (χ0v) is 7.95. The third-order valence-electron chi connectivity index (χ3n) is 1.36. The highest BCUT2D eigenvalue weighted by atomic mass is 127. The van der Waals surface area contributed by atoms with Gasteiger partial charge in [-0.25, -0.2) is 7.94 Å². The maximum Gasteiger partial charge on any atom is 0.326 e. The molecule has 6 heteroatoms. The summed E-state index contributed by atoms with van der Waals surface area (Å²) in [6.07, 6.45) is 1.73. The number of rotatable bonds is 0. The Morgan fingerprint density at radius 3 is 3.00 bits per heavy atom. The van der Waals surface area contributed by atoms with Gasteiger partial charge in [0.05, 0.1) is 5.69 Å². The predicted molar refractivity (Wildman–Crippen MR) is 52.8 cm³/mol. The summed E-state index contributed by atoms with van der Waals surface area (Å²) in [7, 11) is 0. The van der Waals surface area contributed by atoms with Gasteiger partial charge in [-0.05, 0) is 10.2 Å². The topological polar surface area (TPSA) is 78.1 Å². The van der Waals surface area contributed by atoms with Crippen LogP contribution in [0.5, 0.6) is 0 Å². The molecule has 0 amide bonds. The van der Waals surface area contributed by atoms with Gasteiger partial charge < -0.3 is 4.98 Å². The number of nitrogens with one attached hydrogen (secondary N) is 2. The molecule has 0 saturated carbocycles. The number of H-pyrrole nitrogens is 2. The quantitative estimate of drug-likeness (QED) is 0.689. The molecule has 0 spiro atoms. The number of aromatic amines is 2. The first-order valence-corrected chi connectivity index (χ1v) is 5.35. The maximum atomic E-state index is 11.1. The van der Waals surface area contributed by atoms with Crippen LogP contribution in [-0.2, 0) is 0 Å². The first-order chi connectivity index (χ1) is 5.77. The minimum Gasteiger partial charge on any atom is -0.305 e. The largest absolute Gasteiger partial charge is 0.326 e. The van der Waals surface area contributed by atoms with Gasteiger partial charge in [-0.15, -0.1) is 0 Å². The van der Waals surface area contributed by atoms with Gasteiger partial charge in [0, 0.05) is 21.0 Å². The lowest BCUT2D eigenvalue weighted by atomic mass is 10.3.